The first kappa shape index (κ1) is 36.0. The van der Waals surface area contributed by atoms with E-state index in [1.54, 1.807) is 30.5 Å². The van der Waals surface area contributed by atoms with Crippen molar-refractivity contribution in [3.63, 3.8) is 0 Å². The Bertz CT molecular complexity index is 1500. The maximum Gasteiger partial charge on any atom is 0.305 e. The summed E-state index contributed by atoms with van der Waals surface area (Å²) in [6.45, 7) is -0.202. The van der Waals surface area contributed by atoms with Crippen LogP contribution < -0.4 is 38.1 Å². The molecule has 0 radical (unpaired) electrons. The van der Waals surface area contributed by atoms with E-state index in [4.69, 9.17) is 11.5 Å². The fourth-order valence-corrected chi connectivity index (χ4v) is 5.11. The van der Waals surface area contributed by atoms with E-state index in [0.29, 0.717) is 48.6 Å². The summed E-state index contributed by atoms with van der Waals surface area (Å²) in [4.78, 5) is 92.1. The Hall–Kier alpha value is -5.48. The Morgan fingerprint density at radius 2 is 1.64 bits per heavy atom. The van der Waals surface area contributed by atoms with Gasteiger partial charge >= 0.3 is 5.97 Å². The molecule has 1 saturated heterocycles. The molecule has 0 aliphatic carbocycles. The molecule has 47 heavy (non-hydrogen) atoms. The number of benzene rings is 1. The lowest BCUT2D eigenvalue weighted by Crippen LogP contribution is -2.56. The Balaban J connectivity index is 1.82. The lowest BCUT2D eigenvalue weighted by atomic mass is 10.0. The number of para-hydroxylation sites is 1. The zero-order valence-corrected chi connectivity index (χ0v) is 25.8. The quantitative estimate of drug-likeness (QED) is 0.0638. The monoisotopic (exact) mass is 655 g/mol. The molecule has 1 fully saturated rings. The molecule has 0 saturated carbocycles. The molecular weight excluding hydrogens is 614 g/mol. The molecule has 1 aromatic carbocycles. The number of carboxylic acids is 1. The molecule has 254 valence electrons. The molecule has 1 aliphatic heterocycles. The Morgan fingerprint density at radius 3 is 2.36 bits per heavy atom. The van der Waals surface area contributed by atoms with Gasteiger partial charge in [-0.1, -0.05) is 24.6 Å². The van der Waals surface area contributed by atoms with Crippen LogP contribution in [0.1, 0.15) is 50.5 Å². The van der Waals surface area contributed by atoms with Crippen molar-refractivity contribution >= 4 is 58.8 Å². The minimum atomic E-state index is -1.60. The number of carbonyl (C=O) groups is 7. The van der Waals surface area contributed by atoms with Crippen molar-refractivity contribution in [3.8, 4) is 0 Å². The van der Waals surface area contributed by atoms with Gasteiger partial charge in [0.1, 0.15) is 18.1 Å². The van der Waals surface area contributed by atoms with Gasteiger partial charge in [-0.05, 0) is 37.3 Å². The van der Waals surface area contributed by atoms with Gasteiger partial charge in [-0.15, -0.1) is 0 Å². The maximum atomic E-state index is 13.4. The van der Waals surface area contributed by atoms with E-state index in [1.807, 2.05) is 0 Å². The second-order valence-corrected chi connectivity index (χ2v) is 11.1. The topological polar surface area (TPSA) is 269 Å². The van der Waals surface area contributed by atoms with E-state index < -0.39 is 60.7 Å². The Kier molecular flexibility index (Phi) is 13.7. The SMILES string of the molecule is NC(N)=NCCC[C@@H]1NC(=O)CCCCCNC(=O)[C@H](Cc2cn(C=O)c3ccccc23)NC(=O)[C@H](CC(=O)O)NC(=O)CNC1=O. The normalized spacial score (nSPS) is 20.7. The first-order valence-corrected chi connectivity index (χ1v) is 15.2. The largest absolute Gasteiger partial charge is 0.481 e. The number of hydrogen-bond donors (Lipinski definition) is 8. The predicted molar refractivity (Wildman–Crippen MR) is 170 cm³/mol. The molecule has 0 bridgehead atoms. The molecule has 10 N–H and O–H groups in total. The van der Waals surface area contributed by atoms with E-state index in [9.17, 15) is 38.7 Å². The second-order valence-electron chi connectivity index (χ2n) is 11.1. The molecule has 1 aliphatic rings. The molecule has 2 aromatic rings. The molecule has 5 amide bonds. The highest BCUT2D eigenvalue weighted by molar-refractivity contribution is 5.96. The Morgan fingerprint density at radius 1 is 0.915 bits per heavy atom. The zero-order chi connectivity index (χ0) is 34.3. The number of carbonyl (C=O) groups excluding carboxylic acids is 6. The van der Waals surface area contributed by atoms with Gasteiger partial charge in [-0.2, -0.15) is 0 Å². The van der Waals surface area contributed by atoms with Crippen molar-refractivity contribution in [2.75, 3.05) is 19.6 Å². The summed E-state index contributed by atoms with van der Waals surface area (Å²) in [6, 6.07) is 3.20. The van der Waals surface area contributed by atoms with Gasteiger partial charge < -0.3 is 43.2 Å². The van der Waals surface area contributed by atoms with Crippen LogP contribution in [0.3, 0.4) is 0 Å². The number of carboxylic acid groups (broad SMARTS) is 1. The summed E-state index contributed by atoms with van der Waals surface area (Å²) in [5, 5.41) is 22.8. The summed E-state index contributed by atoms with van der Waals surface area (Å²) in [5.74, 6) is -4.94. The van der Waals surface area contributed by atoms with Crippen molar-refractivity contribution in [1.29, 1.82) is 0 Å². The lowest BCUT2D eigenvalue weighted by Gasteiger charge is -2.23. The van der Waals surface area contributed by atoms with Gasteiger partial charge in [-0.3, -0.25) is 43.1 Å². The standard InChI is InChI=1S/C30H41N9O8/c31-30(32)34-12-6-8-20-27(45)35-15-25(42)37-22(14-26(43)44)29(47)38-21(28(46)33-11-5-1-2-10-24(41)36-20)13-18-16-39(17-40)23-9-4-3-7-19(18)23/h3-4,7,9,16-17,20-22H,1-2,5-6,8,10-15H2,(H,33,46)(H,35,45)(H,36,41)(H,37,42)(H,38,47)(H,43,44)(H4,31,32,34)/t20-,21-,22-/m0/s1. The first-order chi connectivity index (χ1) is 22.5. The lowest BCUT2D eigenvalue weighted by molar-refractivity contribution is -0.141. The highest BCUT2D eigenvalue weighted by atomic mass is 16.4. The third kappa shape index (κ3) is 11.4. The van der Waals surface area contributed by atoms with Gasteiger partial charge in [0.15, 0.2) is 5.96 Å². The van der Waals surface area contributed by atoms with E-state index in [2.05, 4.69) is 31.6 Å². The summed E-state index contributed by atoms with van der Waals surface area (Å²) in [6.07, 6.45) is 3.46. The van der Waals surface area contributed by atoms with Crippen LogP contribution in [0, 0.1) is 0 Å². The van der Waals surface area contributed by atoms with Crippen molar-refractivity contribution in [2.45, 2.75) is 69.5 Å². The van der Waals surface area contributed by atoms with Crippen LogP contribution >= 0.6 is 0 Å². The highest BCUT2D eigenvalue weighted by Crippen LogP contribution is 2.22. The number of aromatic nitrogens is 1. The van der Waals surface area contributed by atoms with E-state index in [-0.39, 0.29) is 44.2 Å². The minimum absolute atomic E-state index is 0.0481. The minimum Gasteiger partial charge on any atom is -0.481 e. The molecule has 1 aromatic heterocycles. The van der Waals surface area contributed by atoms with E-state index >= 15 is 0 Å². The number of nitrogens with one attached hydrogen (secondary N) is 5. The van der Waals surface area contributed by atoms with Crippen LogP contribution in [0.25, 0.3) is 10.9 Å². The van der Waals surface area contributed by atoms with Crippen LogP contribution in [0.15, 0.2) is 35.5 Å². The second kappa shape index (κ2) is 17.9. The van der Waals surface area contributed by atoms with Gasteiger partial charge in [0.05, 0.1) is 18.5 Å². The molecule has 17 nitrogen and oxygen atoms in total. The highest BCUT2D eigenvalue weighted by Gasteiger charge is 2.30. The van der Waals surface area contributed by atoms with Gasteiger partial charge in [0.2, 0.25) is 35.9 Å². The molecule has 0 unspecified atom stereocenters. The molecule has 0 spiro atoms. The zero-order valence-electron chi connectivity index (χ0n) is 25.8. The maximum absolute atomic E-state index is 13.4. The molecule has 17 heteroatoms. The number of hydrogen-bond acceptors (Lipinski definition) is 8. The van der Waals surface area contributed by atoms with Crippen molar-refractivity contribution in [1.82, 2.24) is 31.2 Å². The number of aliphatic imine (C=N–C) groups is 1. The summed E-state index contributed by atoms with van der Waals surface area (Å²) < 4.78 is 1.35. The average Bonchev–Trinajstić information content (AvgIpc) is 3.38. The fourth-order valence-electron chi connectivity index (χ4n) is 5.11. The van der Waals surface area contributed by atoms with E-state index in [1.165, 1.54) is 4.57 Å². The van der Waals surface area contributed by atoms with Crippen LogP contribution in [0.4, 0.5) is 0 Å². The van der Waals surface area contributed by atoms with Gasteiger partial charge in [0, 0.05) is 37.5 Å². The first-order valence-electron chi connectivity index (χ1n) is 15.2. The van der Waals surface area contributed by atoms with Gasteiger partial charge in [0.25, 0.3) is 0 Å². The van der Waals surface area contributed by atoms with Crippen molar-refractivity contribution in [3.05, 3.63) is 36.0 Å². The van der Waals surface area contributed by atoms with Crippen LogP contribution in [0.2, 0.25) is 0 Å². The number of nitrogens with two attached hydrogens (primary N) is 2. The molecule has 3 rings (SSSR count). The molecule has 3 atom stereocenters. The number of amides is 5. The number of guanidine groups is 1. The molecular formula is C30H41N9O8. The smallest absolute Gasteiger partial charge is 0.305 e. The third-order valence-electron chi connectivity index (χ3n) is 7.42. The number of nitrogens with zero attached hydrogens (tertiary/aromatic N) is 2. The van der Waals surface area contributed by atoms with Crippen LogP contribution in [-0.2, 0) is 40.0 Å². The number of rotatable bonds is 9. The van der Waals surface area contributed by atoms with Crippen molar-refractivity contribution < 1.29 is 38.7 Å². The fraction of sp³-hybridized carbons (Fsp3) is 0.467. The Labute approximate surface area is 270 Å². The predicted octanol–water partition coefficient (Wildman–Crippen LogP) is -1.99. The van der Waals surface area contributed by atoms with Crippen molar-refractivity contribution in [2.24, 2.45) is 16.5 Å². The molecule has 2 heterocycles. The van der Waals surface area contributed by atoms with Crippen LogP contribution in [0.5, 0.6) is 0 Å². The third-order valence-corrected chi connectivity index (χ3v) is 7.42. The number of fused-ring (bicyclic) bond motifs is 1. The summed E-state index contributed by atoms with van der Waals surface area (Å²) in [5.41, 5.74) is 11.8. The summed E-state index contributed by atoms with van der Waals surface area (Å²) in [7, 11) is 0. The van der Waals surface area contributed by atoms with E-state index in [0.717, 1.165) is 0 Å². The number of aliphatic carboxylic acids is 1. The average molecular weight is 656 g/mol. The summed E-state index contributed by atoms with van der Waals surface area (Å²) >= 11 is 0. The van der Waals surface area contributed by atoms with Crippen LogP contribution in [-0.4, -0.2) is 95.3 Å². The van der Waals surface area contributed by atoms with Gasteiger partial charge in [-0.25, -0.2) is 0 Å².